The molecule has 25 heavy (non-hydrogen) atoms. The molecule has 0 saturated carbocycles. The molecule has 1 aliphatic rings. The van der Waals surface area contributed by atoms with Crippen molar-refractivity contribution in [3.05, 3.63) is 53.2 Å². The minimum Gasteiger partial charge on any atom is -0.366 e. The number of ether oxygens (including phenoxy) is 1. The van der Waals surface area contributed by atoms with Crippen molar-refractivity contribution in [2.24, 2.45) is 0 Å². The van der Waals surface area contributed by atoms with Crippen molar-refractivity contribution in [3.63, 3.8) is 0 Å². The van der Waals surface area contributed by atoms with E-state index in [0.29, 0.717) is 31.4 Å². The number of benzene rings is 1. The van der Waals surface area contributed by atoms with Crippen molar-refractivity contribution in [2.75, 3.05) is 19.7 Å². The van der Waals surface area contributed by atoms with E-state index in [1.54, 1.807) is 0 Å². The highest BCUT2D eigenvalue weighted by molar-refractivity contribution is 5.55. The first-order valence-corrected chi connectivity index (χ1v) is 8.45. The zero-order chi connectivity index (χ0) is 17.2. The molecule has 7 nitrogen and oxygen atoms in total. The third-order valence-electron chi connectivity index (χ3n) is 4.27. The molecule has 0 spiro atoms. The zero-order valence-corrected chi connectivity index (χ0v) is 14.4. The second-order valence-electron chi connectivity index (χ2n) is 6.30. The summed E-state index contributed by atoms with van der Waals surface area (Å²) in [5.74, 6) is 1.10. The topological polar surface area (TPSA) is 78.0 Å². The summed E-state index contributed by atoms with van der Waals surface area (Å²) < 4.78 is 13.1. The Hall–Kier alpha value is -2.51. The van der Waals surface area contributed by atoms with Gasteiger partial charge >= 0.3 is 0 Å². The Labute approximate surface area is 146 Å². The van der Waals surface area contributed by atoms with Crippen molar-refractivity contribution in [1.29, 1.82) is 0 Å². The number of aryl methyl sites for hydroxylation is 2. The van der Waals surface area contributed by atoms with Gasteiger partial charge in [0.2, 0.25) is 5.82 Å². The summed E-state index contributed by atoms with van der Waals surface area (Å²) in [7, 11) is 0. The summed E-state index contributed by atoms with van der Waals surface area (Å²) in [6.07, 6.45) is -0.173. The van der Waals surface area contributed by atoms with E-state index in [9.17, 15) is 0 Å². The lowest BCUT2D eigenvalue weighted by molar-refractivity contribution is 0.00755. The number of hydrogen-bond donors (Lipinski definition) is 1. The maximum atomic E-state index is 5.66. The molecular formula is C18H21N5O2. The minimum atomic E-state index is -0.173. The van der Waals surface area contributed by atoms with Gasteiger partial charge in [0, 0.05) is 24.3 Å². The predicted octanol–water partition coefficient (Wildman–Crippen LogP) is 2.26. The maximum Gasteiger partial charge on any atom is 0.257 e. The van der Waals surface area contributed by atoms with E-state index in [4.69, 9.17) is 9.26 Å². The average Bonchev–Trinajstić information content (AvgIpc) is 3.23. The van der Waals surface area contributed by atoms with Crippen LogP contribution >= 0.6 is 0 Å². The van der Waals surface area contributed by atoms with Crippen LogP contribution in [0.4, 0.5) is 0 Å². The van der Waals surface area contributed by atoms with Crippen LogP contribution in [0.3, 0.4) is 0 Å². The Balaban J connectivity index is 1.55. The quantitative estimate of drug-likeness (QED) is 0.785. The van der Waals surface area contributed by atoms with Gasteiger partial charge in [-0.3, -0.25) is 4.68 Å². The van der Waals surface area contributed by atoms with Crippen molar-refractivity contribution >= 4 is 0 Å². The van der Waals surface area contributed by atoms with E-state index < -0.39 is 0 Å². The average molecular weight is 339 g/mol. The fourth-order valence-electron chi connectivity index (χ4n) is 3.02. The number of aromatic nitrogens is 4. The van der Waals surface area contributed by atoms with Crippen LogP contribution in [0.15, 0.2) is 34.9 Å². The third kappa shape index (κ3) is 3.47. The van der Waals surface area contributed by atoms with Crippen LogP contribution in [-0.2, 0) is 11.3 Å². The van der Waals surface area contributed by atoms with E-state index in [1.807, 2.05) is 23.7 Å². The maximum absolute atomic E-state index is 5.66. The molecule has 4 rings (SSSR count). The number of hydrogen-bond acceptors (Lipinski definition) is 6. The first-order chi connectivity index (χ1) is 12.2. The number of morpholine rings is 1. The molecule has 1 fully saturated rings. The zero-order valence-electron chi connectivity index (χ0n) is 14.4. The molecule has 0 bridgehead atoms. The van der Waals surface area contributed by atoms with Crippen molar-refractivity contribution in [3.8, 4) is 11.4 Å². The smallest absolute Gasteiger partial charge is 0.257 e. The fourth-order valence-corrected chi connectivity index (χ4v) is 3.02. The highest BCUT2D eigenvalue weighted by Gasteiger charge is 2.22. The summed E-state index contributed by atoms with van der Waals surface area (Å²) >= 11 is 0. The number of nitrogens with zero attached hydrogens (tertiary/aromatic N) is 4. The van der Waals surface area contributed by atoms with Crippen molar-refractivity contribution in [1.82, 2.24) is 25.2 Å². The Kier molecular flexibility index (Phi) is 4.33. The van der Waals surface area contributed by atoms with Gasteiger partial charge in [-0.25, -0.2) is 0 Å². The van der Waals surface area contributed by atoms with Crippen molar-refractivity contribution in [2.45, 2.75) is 26.5 Å². The lowest BCUT2D eigenvalue weighted by Gasteiger charge is -2.19. The minimum absolute atomic E-state index is 0.173. The van der Waals surface area contributed by atoms with E-state index >= 15 is 0 Å². The molecule has 1 atom stereocenters. The monoisotopic (exact) mass is 339 g/mol. The Morgan fingerprint density at radius 3 is 2.96 bits per heavy atom. The first kappa shape index (κ1) is 16.0. The van der Waals surface area contributed by atoms with Gasteiger partial charge in [0.15, 0.2) is 0 Å². The highest BCUT2D eigenvalue weighted by Crippen LogP contribution is 2.22. The lowest BCUT2D eigenvalue weighted by Crippen LogP contribution is -2.33. The van der Waals surface area contributed by atoms with Gasteiger partial charge in [0.1, 0.15) is 6.10 Å². The summed E-state index contributed by atoms with van der Waals surface area (Å²) in [5, 5.41) is 11.9. The Bertz CT molecular complexity index is 864. The van der Waals surface area contributed by atoms with Gasteiger partial charge in [-0.1, -0.05) is 23.4 Å². The molecule has 3 aromatic rings. The molecule has 1 saturated heterocycles. The summed E-state index contributed by atoms with van der Waals surface area (Å²) in [6, 6.07) is 10.2. The van der Waals surface area contributed by atoms with Crippen LogP contribution < -0.4 is 5.32 Å². The third-order valence-corrected chi connectivity index (χ3v) is 4.27. The fraction of sp³-hybridized carbons (Fsp3) is 0.389. The summed E-state index contributed by atoms with van der Waals surface area (Å²) in [5.41, 5.74) is 4.24. The van der Waals surface area contributed by atoms with Gasteiger partial charge < -0.3 is 14.6 Å². The van der Waals surface area contributed by atoms with Crippen LogP contribution in [0.25, 0.3) is 11.4 Å². The molecule has 1 aromatic carbocycles. The van der Waals surface area contributed by atoms with Crippen LogP contribution in [0.1, 0.15) is 28.9 Å². The largest absolute Gasteiger partial charge is 0.366 e. The number of nitrogens with one attached hydrogen (secondary N) is 1. The predicted molar refractivity (Wildman–Crippen MR) is 92.1 cm³/mol. The summed E-state index contributed by atoms with van der Waals surface area (Å²) in [6.45, 7) is 6.98. The van der Waals surface area contributed by atoms with Crippen LogP contribution in [0, 0.1) is 13.8 Å². The molecular weight excluding hydrogens is 318 g/mol. The Morgan fingerprint density at radius 1 is 1.28 bits per heavy atom. The molecule has 1 N–H and O–H groups in total. The number of rotatable bonds is 4. The second kappa shape index (κ2) is 6.78. The molecule has 0 radical (unpaired) electrons. The van der Waals surface area contributed by atoms with E-state index in [0.717, 1.165) is 29.1 Å². The van der Waals surface area contributed by atoms with Gasteiger partial charge in [-0.05, 0) is 31.5 Å². The molecule has 0 unspecified atom stereocenters. The molecule has 0 amide bonds. The standard InChI is InChI=1S/C18H21N5O2/c1-12-8-13(2)23(21-12)11-14-4-3-5-15(9-14)17-20-18(25-22-17)16-10-19-6-7-24-16/h3-5,8-9,16,19H,6-7,10-11H2,1-2H3/t16-/m0/s1. The van der Waals surface area contributed by atoms with Gasteiger partial charge in [-0.15, -0.1) is 0 Å². The molecule has 2 aromatic heterocycles. The SMILES string of the molecule is Cc1cc(C)n(Cc2cccc(-c3noc([C@@H]4CNCCO4)n3)c2)n1. The van der Waals surface area contributed by atoms with Crippen LogP contribution in [0.2, 0.25) is 0 Å². The van der Waals surface area contributed by atoms with E-state index in [2.05, 4.69) is 45.7 Å². The van der Waals surface area contributed by atoms with Gasteiger partial charge in [0.25, 0.3) is 5.89 Å². The van der Waals surface area contributed by atoms with Gasteiger partial charge in [-0.2, -0.15) is 10.1 Å². The second-order valence-corrected chi connectivity index (χ2v) is 6.30. The van der Waals surface area contributed by atoms with E-state index in [1.165, 1.54) is 0 Å². The van der Waals surface area contributed by atoms with Crippen molar-refractivity contribution < 1.29 is 9.26 Å². The summed E-state index contributed by atoms with van der Waals surface area (Å²) in [4.78, 5) is 4.51. The van der Waals surface area contributed by atoms with Crippen LogP contribution in [0.5, 0.6) is 0 Å². The molecule has 130 valence electrons. The van der Waals surface area contributed by atoms with Gasteiger partial charge in [0.05, 0.1) is 18.8 Å². The van der Waals surface area contributed by atoms with Crippen LogP contribution in [-0.4, -0.2) is 39.6 Å². The first-order valence-electron chi connectivity index (χ1n) is 8.45. The molecule has 7 heteroatoms. The molecule has 1 aliphatic heterocycles. The molecule has 0 aliphatic carbocycles. The molecule has 3 heterocycles. The normalized spacial score (nSPS) is 17.8. The lowest BCUT2D eigenvalue weighted by atomic mass is 10.1. The van der Waals surface area contributed by atoms with E-state index in [-0.39, 0.29) is 6.10 Å². The highest BCUT2D eigenvalue weighted by atomic mass is 16.5. The Morgan fingerprint density at radius 2 is 2.20 bits per heavy atom.